The second-order valence-electron chi connectivity index (χ2n) is 4.35. The molecule has 0 atom stereocenters. The smallest absolute Gasteiger partial charge is 0.257 e. The van der Waals surface area contributed by atoms with Crippen LogP contribution in [-0.4, -0.2) is 19.1 Å². The predicted octanol–water partition coefficient (Wildman–Crippen LogP) is 1.90. The number of benzene rings is 1. The van der Waals surface area contributed by atoms with Gasteiger partial charge in [-0.15, -0.1) is 0 Å². The molecular weight excluding hydrogens is 202 g/mol. The van der Waals surface area contributed by atoms with E-state index in [-0.39, 0.29) is 12.5 Å². The third kappa shape index (κ3) is 3.57. The normalized spacial score (nSPS) is 14.6. The molecule has 1 aliphatic rings. The zero-order valence-electron chi connectivity index (χ0n) is 9.53. The average Bonchev–Trinajstić information content (AvgIpc) is 3.09. The summed E-state index contributed by atoms with van der Waals surface area (Å²) in [6, 6.07) is 7.70. The molecule has 1 aromatic carbocycles. The van der Waals surface area contributed by atoms with E-state index in [0.717, 1.165) is 12.3 Å². The van der Waals surface area contributed by atoms with Gasteiger partial charge >= 0.3 is 0 Å². The summed E-state index contributed by atoms with van der Waals surface area (Å²) in [5.74, 6) is 1.42. The van der Waals surface area contributed by atoms with Crippen molar-refractivity contribution in [1.82, 2.24) is 5.32 Å². The maximum absolute atomic E-state index is 11.4. The lowest BCUT2D eigenvalue weighted by Crippen LogP contribution is -2.30. The molecular formula is C13H17NO2. The van der Waals surface area contributed by atoms with Crippen LogP contribution in [0.1, 0.15) is 18.4 Å². The first-order valence-electron chi connectivity index (χ1n) is 5.70. The van der Waals surface area contributed by atoms with Crippen LogP contribution in [0.3, 0.4) is 0 Å². The van der Waals surface area contributed by atoms with E-state index in [1.165, 1.54) is 18.4 Å². The molecule has 86 valence electrons. The highest BCUT2D eigenvalue weighted by Gasteiger charge is 2.21. The zero-order chi connectivity index (χ0) is 11.4. The van der Waals surface area contributed by atoms with Crippen molar-refractivity contribution >= 4 is 5.91 Å². The maximum Gasteiger partial charge on any atom is 0.257 e. The Balaban J connectivity index is 1.69. The minimum atomic E-state index is -0.0347. The monoisotopic (exact) mass is 219 g/mol. The first kappa shape index (κ1) is 11.0. The Morgan fingerprint density at radius 2 is 2.06 bits per heavy atom. The molecule has 1 saturated carbocycles. The Kier molecular flexibility index (Phi) is 3.44. The molecule has 0 radical (unpaired) electrons. The molecule has 0 saturated heterocycles. The van der Waals surface area contributed by atoms with Gasteiger partial charge < -0.3 is 10.1 Å². The Morgan fingerprint density at radius 3 is 2.69 bits per heavy atom. The fourth-order valence-electron chi connectivity index (χ4n) is 1.41. The van der Waals surface area contributed by atoms with E-state index in [4.69, 9.17) is 4.74 Å². The van der Waals surface area contributed by atoms with Gasteiger partial charge in [0.1, 0.15) is 5.75 Å². The summed E-state index contributed by atoms with van der Waals surface area (Å²) in [6.45, 7) is 2.93. The molecule has 1 fully saturated rings. The first-order valence-corrected chi connectivity index (χ1v) is 5.70. The molecule has 1 aromatic rings. The molecule has 1 amide bonds. The molecule has 0 aromatic heterocycles. The summed E-state index contributed by atoms with van der Waals surface area (Å²) in [4.78, 5) is 11.4. The van der Waals surface area contributed by atoms with Gasteiger partial charge in [0.2, 0.25) is 0 Å². The minimum Gasteiger partial charge on any atom is -0.484 e. The van der Waals surface area contributed by atoms with Crippen molar-refractivity contribution in [2.24, 2.45) is 5.92 Å². The Bertz CT molecular complexity index is 355. The summed E-state index contributed by atoms with van der Waals surface area (Å²) < 4.78 is 5.36. The lowest BCUT2D eigenvalue weighted by molar-refractivity contribution is -0.123. The van der Waals surface area contributed by atoms with Crippen LogP contribution in [-0.2, 0) is 4.79 Å². The second kappa shape index (κ2) is 5.01. The van der Waals surface area contributed by atoms with Gasteiger partial charge in [-0.3, -0.25) is 4.79 Å². The van der Waals surface area contributed by atoms with Gasteiger partial charge in [0.05, 0.1) is 0 Å². The van der Waals surface area contributed by atoms with Crippen molar-refractivity contribution < 1.29 is 9.53 Å². The molecule has 3 heteroatoms. The van der Waals surface area contributed by atoms with Gasteiger partial charge in [-0.25, -0.2) is 0 Å². The summed E-state index contributed by atoms with van der Waals surface area (Å²) in [5, 5.41) is 2.86. The summed E-state index contributed by atoms with van der Waals surface area (Å²) in [5.41, 5.74) is 1.19. The number of rotatable bonds is 5. The number of aryl methyl sites for hydroxylation is 1. The molecule has 0 heterocycles. The fourth-order valence-corrected chi connectivity index (χ4v) is 1.41. The van der Waals surface area contributed by atoms with Gasteiger partial charge in [-0.1, -0.05) is 17.7 Å². The van der Waals surface area contributed by atoms with Crippen LogP contribution in [0.4, 0.5) is 0 Å². The number of carbonyl (C=O) groups is 1. The number of nitrogens with one attached hydrogen (secondary N) is 1. The Morgan fingerprint density at radius 1 is 1.38 bits per heavy atom. The Hall–Kier alpha value is -1.51. The van der Waals surface area contributed by atoms with Crippen molar-refractivity contribution in [2.75, 3.05) is 13.2 Å². The maximum atomic E-state index is 11.4. The predicted molar refractivity (Wildman–Crippen MR) is 62.4 cm³/mol. The second-order valence-corrected chi connectivity index (χ2v) is 4.35. The van der Waals surface area contributed by atoms with Crippen molar-refractivity contribution in [1.29, 1.82) is 0 Å². The van der Waals surface area contributed by atoms with E-state index in [1.54, 1.807) is 0 Å². The minimum absolute atomic E-state index is 0.0347. The third-order valence-electron chi connectivity index (χ3n) is 2.68. The van der Waals surface area contributed by atoms with E-state index >= 15 is 0 Å². The molecule has 3 nitrogen and oxygen atoms in total. The average molecular weight is 219 g/mol. The van der Waals surface area contributed by atoms with Crippen LogP contribution in [0.15, 0.2) is 24.3 Å². The molecule has 0 spiro atoms. The van der Waals surface area contributed by atoms with E-state index in [1.807, 2.05) is 31.2 Å². The molecule has 1 aliphatic carbocycles. The molecule has 0 unspecified atom stereocenters. The van der Waals surface area contributed by atoms with E-state index in [9.17, 15) is 4.79 Å². The molecule has 16 heavy (non-hydrogen) atoms. The highest BCUT2D eigenvalue weighted by atomic mass is 16.5. The molecule has 2 rings (SSSR count). The first-order chi connectivity index (χ1) is 7.74. The Labute approximate surface area is 95.8 Å². The van der Waals surface area contributed by atoms with Gasteiger partial charge in [0, 0.05) is 6.54 Å². The van der Waals surface area contributed by atoms with Gasteiger partial charge in [0.15, 0.2) is 6.61 Å². The van der Waals surface area contributed by atoms with Crippen LogP contribution in [0.2, 0.25) is 0 Å². The number of carbonyl (C=O) groups excluding carboxylic acids is 1. The van der Waals surface area contributed by atoms with Gasteiger partial charge in [-0.2, -0.15) is 0 Å². The van der Waals surface area contributed by atoms with Gasteiger partial charge in [0.25, 0.3) is 5.91 Å². The fraction of sp³-hybridized carbons (Fsp3) is 0.462. The van der Waals surface area contributed by atoms with Crippen molar-refractivity contribution in [3.63, 3.8) is 0 Å². The van der Waals surface area contributed by atoms with Gasteiger partial charge in [-0.05, 0) is 37.8 Å². The molecule has 1 N–H and O–H groups in total. The SMILES string of the molecule is Cc1ccc(OCC(=O)NCC2CC2)cc1. The zero-order valence-corrected chi connectivity index (χ0v) is 9.53. The summed E-state index contributed by atoms with van der Waals surface area (Å²) in [7, 11) is 0. The largest absolute Gasteiger partial charge is 0.484 e. The molecule has 0 aliphatic heterocycles. The lowest BCUT2D eigenvalue weighted by atomic mass is 10.2. The van der Waals surface area contributed by atoms with E-state index < -0.39 is 0 Å². The third-order valence-corrected chi connectivity index (χ3v) is 2.68. The highest BCUT2D eigenvalue weighted by Crippen LogP contribution is 2.27. The standard InChI is InChI=1S/C13H17NO2/c1-10-2-6-12(7-3-10)16-9-13(15)14-8-11-4-5-11/h2-3,6-7,11H,4-5,8-9H2,1H3,(H,14,15). The van der Waals surface area contributed by atoms with Crippen LogP contribution in [0, 0.1) is 12.8 Å². The summed E-state index contributed by atoms with van der Waals surface area (Å²) in [6.07, 6.45) is 2.50. The lowest BCUT2D eigenvalue weighted by Gasteiger charge is -2.07. The quantitative estimate of drug-likeness (QED) is 0.821. The number of hydrogen-bond donors (Lipinski definition) is 1. The summed E-state index contributed by atoms with van der Waals surface area (Å²) >= 11 is 0. The topological polar surface area (TPSA) is 38.3 Å². The van der Waals surface area contributed by atoms with Crippen LogP contribution in [0.5, 0.6) is 5.75 Å². The van der Waals surface area contributed by atoms with Crippen molar-refractivity contribution in [3.8, 4) is 5.75 Å². The number of ether oxygens (including phenoxy) is 1. The van der Waals surface area contributed by atoms with Crippen LogP contribution >= 0.6 is 0 Å². The number of amides is 1. The van der Waals surface area contributed by atoms with Crippen molar-refractivity contribution in [3.05, 3.63) is 29.8 Å². The van der Waals surface area contributed by atoms with E-state index in [2.05, 4.69) is 5.32 Å². The van der Waals surface area contributed by atoms with Crippen molar-refractivity contribution in [2.45, 2.75) is 19.8 Å². The number of hydrogen-bond acceptors (Lipinski definition) is 2. The van der Waals surface area contributed by atoms with Crippen LogP contribution < -0.4 is 10.1 Å². The molecule has 0 bridgehead atoms. The van der Waals surface area contributed by atoms with E-state index in [0.29, 0.717) is 5.92 Å². The highest BCUT2D eigenvalue weighted by molar-refractivity contribution is 5.77. The van der Waals surface area contributed by atoms with Crippen LogP contribution in [0.25, 0.3) is 0 Å².